The van der Waals surface area contributed by atoms with Crippen LogP contribution in [0.1, 0.15) is 12.8 Å². The van der Waals surface area contributed by atoms with Crippen LogP contribution in [0, 0.1) is 5.92 Å². The minimum atomic E-state index is -3.07. The van der Waals surface area contributed by atoms with Crippen molar-refractivity contribution in [2.45, 2.75) is 12.8 Å². The topological polar surface area (TPSA) is 77.5 Å². The largest absolute Gasteiger partial charge is 0.495 e. The highest BCUT2D eigenvalue weighted by atomic mass is 32.2. The van der Waals surface area contributed by atoms with Gasteiger partial charge in [-0.05, 0) is 30.9 Å². The van der Waals surface area contributed by atoms with Crippen molar-refractivity contribution in [3.8, 4) is 5.75 Å². The monoisotopic (exact) mass is 423 g/mol. The van der Waals surface area contributed by atoms with Crippen LogP contribution in [0.3, 0.4) is 0 Å². The van der Waals surface area contributed by atoms with E-state index in [0.717, 1.165) is 63.0 Å². The molecule has 1 aromatic rings. The minimum absolute atomic E-state index is 0.472. The molecule has 1 aromatic carbocycles. The highest BCUT2D eigenvalue weighted by Crippen LogP contribution is 2.28. The number of piperazine rings is 1. The first kappa shape index (κ1) is 21.7. The normalized spacial score (nSPS) is 20.0. The number of sulfonamides is 1. The Morgan fingerprint density at radius 2 is 1.79 bits per heavy atom. The number of nitrogens with zero attached hydrogens (tertiary/aromatic N) is 4. The van der Waals surface area contributed by atoms with E-state index < -0.39 is 10.0 Å². The second kappa shape index (κ2) is 9.67. The number of para-hydroxylation sites is 2. The number of aliphatic imine (C=N–C) groups is 1. The van der Waals surface area contributed by atoms with Gasteiger partial charge in [0.2, 0.25) is 10.0 Å². The summed E-state index contributed by atoms with van der Waals surface area (Å²) in [7, 11) is 0.462. The standard InChI is InChI=1S/C20H33N5O3S/c1-21-20(22-16-17-8-10-25(11-9-17)29(3,26)27)24-14-12-23(13-15-24)18-6-4-5-7-19(18)28-2/h4-7,17H,8-16H2,1-3H3,(H,21,22). The van der Waals surface area contributed by atoms with Crippen LogP contribution in [-0.4, -0.2) is 89.8 Å². The van der Waals surface area contributed by atoms with Gasteiger partial charge in [-0.25, -0.2) is 12.7 Å². The van der Waals surface area contributed by atoms with E-state index in [1.165, 1.54) is 6.26 Å². The molecule has 0 saturated carbocycles. The fourth-order valence-electron chi connectivity index (χ4n) is 4.06. The van der Waals surface area contributed by atoms with Crippen molar-refractivity contribution < 1.29 is 13.2 Å². The van der Waals surface area contributed by atoms with Gasteiger partial charge in [-0.1, -0.05) is 12.1 Å². The summed E-state index contributed by atoms with van der Waals surface area (Å²) in [5.41, 5.74) is 1.13. The zero-order valence-electron chi connectivity index (χ0n) is 17.7. The van der Waals surface area contributed by atoms with Gasteiger partial charge in [0, 0.05) is 52.9 Å². The predicted molar refractivity (Wildman–Crippen MR) is 117 cm³/mol. The Morgan fingerprint density at radius 1 is 1.14 bits per heavy atom. The van der Waals surface area contributed by atoms with E-state index >= 15 is 0 Å². The third-order valence-electron chi connectivity index (χ3n) is 5.81. The van der Waals surface area contributed by atoms with Crippen LogP contribution in [0.4, 0.5) is 5.69 Å². The average molecular weight is 424 g/mol. The lowest BCUT2D eigenvalue weighted by Gasteiger charge is -2.38. The molecule has 0 bridgehead atoms. The quantitative estimate of drug-likeness (QED) is 0.564. The van der Waals surface area contributed by atoms with Crippen molar-refractivity contribution in [1.82, 2.24) is 14.5 Å². The van der Waals surface area contributed by atoms with Gasteiger partial charge >= 0.3 is 0 Å². The molecule has 2 aliphatic heterocycles. The fourth-order valence-corrected chi connectivity index (χ4v) is 4.94. The first-order valence-corrected chi connectivity index (χ1v) is 12.1. The van der Waals surface area contributed by atoms with Crippen LogP contribution in [-0.2, 0) is 10.0 Å². The van der Waals surface area contributed by atoms with E-state index in [2.05, 4.69) is 26.2 Å². The van der Waals surface area contributed by atoms with Crippen molar-refractivity contribution in [3.05, 3.63) is 24.3 Å². The van der Waals surface area contributed by atoms with E-state index in [0.29, 0.717) is 19.0 Å². The summed E-state index contributed by atoms with van der Waals surface area (Å²) in [5.74, 6) is 2.30. The summed E-state index contributed by atoms with van der Waals surface area (Å²) < 4.78 is 30.4. The fraction of sp³-hybridized carbons (Fsp3) is 0.650. The second-order valence-electron chi connectivity index (χ2n) is 7.68. The summed E-state index contributed by atoms with van der Waals surface area (Å²) in [4.78, 5) is 9.10. The van der Waals surface area contributed by atoms with E-state index in [9.17, 15) is 8.42 Å². The summed E-state index contributed by atoms with van der Waals surface area (Å²) in [6.45, 7) is 5.66. The molecule has 2 saturated heterocycles. The SMILES string of the molecule is CN=C(NCC1CCN(S(C)(=O)=O)CC1)N1CCN(c2ccccc2OC)CC1. The lowest BCUT2D eigenvalue weighted by atomic mass is 9.98. The highest BCUT2D eigenvalue weighted by molar-refractivity contribution is 7.88. The molecule has 2 aliphatic rings. The van der Waals surface area contributed by atoms with Gasteiger partial charge in [0.1, 0.15) is 5.75 Å². The van der Waals surface area contributed by atoms with Crippen LogP contribution in [0.25, 0.3) is 0 Å². The molecule has 0 radical (unpaired) electrons. The molecule has 2 fully saturated rings. The Kier molecular flexibility index (Phi) is 7.23. The van der Waals surface area contributed by atoms with Crippen LogP contribution >= 0.6 is 0 Å². The maximum atomic E-state index is 11.7. The molecule has 0 unspecified atom stereocenters. The van der Waals surface area contributed by atoms with Gasteiger partial charge in [0.15, 0.2) is 5.96 Å². The van der Waals surface area contributed by atoms with Crippen molar-refractivity contribution in [3.63, 3.8) is 0 Å². The molecule has 8 nitrogen and oxygen atoms in total. The van der Waals surface area contributed by atoms with Crippen LogP contribution < -0.4 is 15.0 Å². The third-order valence-corrected chi connectivity index (χ3v) is 7.11. The first-order chi connectivity index (χ1) is 13.9. The van der Waals surface area contributed by atoms with Crippen molar-refractivity contribution >= 4 is 21.7 Å². The number of anilines is 1. The molecule has 3 rings (SSSR count). The van der Waals surface area contributed by atoms with Crippen molar-refractivity contribution in [1.29, 1.82) is 0 Å². The molecule has 1 N–H and O–H groups in total. The van der Waals surface area contributed by atoms with Crippen molar-refractivity contribution in [2.75, 3.05) is 71.1 Å². The molecule has 0 aliphatic carbocycles. The van der Waals surface area contributed by atoms with Gasteiger partial charge in [-0.3, -0.25) is 4.99 Å². The lowest BCUT2D eigenvalue weighted by molar-refractivity contribution is 0.271. The number of ether oxygens (including phenoxy) is 1. The first-order valence-electron chi connectivity index (χ1n) is 10.2. The van der Waals surface area contributed by atoms with Gasteiger partial charge < -0.3 is 19.9 Å². The number of rotatable bonds is 5. The Balaban J connectivity index is 1.47. The number of benzene rings is 1. The molecule has 0 amide bonds. The number of nitrogens with one attached hydrogen (secondary N) is 1. The van der Waals surface area contributed by atoms with E-state index in [1.54, 1.807) is 11.4 Å². The lowest BCUT2D eigenvalue weighted by Crippen LogP contribution is -2.53. The number of methoxy groups -OCH3 is 1. The van der Waals surface area contributed by atoms with E-state index in [1.807, 2.05) is 25.2 Å². The second-order valence-corrected chi connectivity index (χ2v) is 9.66. The van der Waals surface area contributed by atoms with Crippen LogP contribution in [0.2, 0.25) is 0 Å². The maximum Gasteiger partial charge on any atom is 0.211 e. The highest BCUT2D eigenvalue weighted by Gasteiger charge is 2.26. The molecule has 0 spiro atoms. The molecule has 0 atom stereocenters. The summed E-state index contributed by atoms with van der Waals surface area (Å²) >= 11 is 0. The van der Waals surface area contributed by atoms with Gasteiger partial charge in [0.05, 0.1) is 19.1 Å². The van der Waals surface area contributed by atoms with Gasteiger partial charge in [0.25, 0.3) is 0 Å². The molecular weight excluding hydrogens is 390 g/mol. The van der Waals surface area contributed by atoms with Gasteiger partial charge in [-0.15, -0.1) is 0 Å². The Labute approximate surface area is 174 Å². The maximum absolute atomic E-state index is 11.7. The predicted octanol–water partition coefficient (Wildman–Crippen LogP) is 1.06. The Hall–Kier alpha value is -2.00. The third kappa shape index (κ3) is 5.54. The smallest absolute Gasteiger partial charge is 0.211 e. The van der Waals surface area contributed by atoms with Gasteiger partial charge in [-0.2, -0.15) is 0 Å². The van der Waals surface area contributed by atoms with E-state index in [4.69, 9.17) is 4.74 Å². The summed E-state index contributed by atoms with van der Waals surface area (Å²) in [5, 5.41) is 3.50. The number of hydrogen-bond acceptors (Lipinski definition) is 5. The van der Waals surface area contributed by atoms with Crippen LogP contribution in [0.15, 0.2) is 29.3 Å². The zero-order chi connectivity index (χ0) is 20.9. The van der Waals surface area contributed by atoms with Crippen LogP contribution in [0.5, 0.6) is 5.75 Å². The Bertz CT molecular complexity index is 798. The minimum Gasteiger partial charge on any atom is -0.495 e. The number of piperidine rings is 1. The molecule has 162 valence electrons. The van der Waals surface area contributed by atoms with E-state index in [-0.39, 0.29) is 0 Å². The molecular formula is C20H33N5O3S. The molecule has 9 heteroatoms. The number of guanidine groups is 1. The average Bonchev–Trinajstić information content (AvgIpc) is 2.74. The number of hydrogen-bond donors (Lipinski definition) is 1. The Morgan fingerprint density at radius 3 is 2.38 bits per heavy atom. The summed E-state index contributed by atoms with van der Waals surface area (Å²) in [6.07, 6.45) is 3.06. The summed E-state index contributed by atoms with van der Waals surface area (Å²) in [6, 6.07) is 8.13. The molecule has 0 aromatic heterocycles. The van der Waals surface area contributed by atoms with Crippen molar-refractivity contribution in [2.24, 2.45) is 10.9 Å². The zero-order valence-corrected chi connectivity index (χ0v) is 18.5. The molecule has 29 heavy (non-hydrogen) atoms. The molecule has 2 heterocycles.